The summed E-state index contributed by atoms with van der Waals surface area (Å²) in [5, 5.41) is 5.48. The molecule has 36 heavy (non-hydrogen) atoms. The Morgan fingerprint density at radius 1 is 1.11 bits per heavy atom. The van der Waals surface area contributed by atoms with Crippen LogP contribution in [-0.4, -0.2) is 54.7 Å². The van der Waals surface area contributed by atoms with E-state index in [0.29, 0.717) is 17.7 Å². The van der Waals surface area contributed by atoms with Gasteiger partial charge < -0.3 is 15.5 Å². The van der Waals surface area contributed by atoms with Gasteiger partial charge in [-0.1, -0.05) is 31.2 Å². The van der Waals surface area contributed by atoms with Crippen LogP contribution in [0.2, 0.25) is 0 Å². The number of hydrogen-bond donors (Lipinski definition) is 3. The predicted molar refractivity (Wildman–Crippen MR) is 139 cm³/mol. The molecular weight excluding hydrogens is 515 g/mol. The molecule has 0 aromatic heterocycles. The molecule has 0 spiro atoms. The third-order valence-electron chi connectivity index (χ3n) is 5.44. The Labute approximate surface area is 214 Å². The van der Waals surface area contributed by atoms with Gasteiger partial charge in [0.2, 0.25) is 0 Å². The van der Waals surface area contributed by atoms with Gasteiger partial charge in [0.1, 0.15) is 0 Å². The van der Waals surface area contributed by atoms with Crippen LogP contribution in [-0.2, 0) is 16.3 Å². The second-order valence-corrected chi connectivity index (χ2v) is 10.4. The zero-order chi connectivity index (χ0) is 26.9. The number of benzene rings is 2. The van der Waals surface area contributed by atoms with Crippen LogP contribution in [0.15, 0.2) is 48.5 Å². The molecule has 1 saturated heterocycles. The van der Waals surface area contributed by atoms with Gasteiger partial charge >= 0.3 is 6.18 Å². The summed E-state index contributed by atoms with van der Waals surface area (Å²) in [4.78, 5) is 15.0. The summed E-state index contributed by atoms with van der Waals surface area (Å²) in [5.74, 6) is -0.0549. The molecule has 1 aliphatic rings. The summed E-state index contributed by atoms with van der Waals surface area (Å²) in [6.45, 7) is 3.47. The van der Waals surface area contributed by atoms with E-state index in [4.69, 9.17) is 16.8 Å². The molecule has 0 bridgehead atoms. The molecule has 0 unspecified atom stereocenters. The average molecular weight is 546 g/mol. The molecule has 0 amide bonds. The standard InChI is InChI=1S/C21H22F3N3OS.C3H8O3S/c1-27-11-9-14(10-12-27)19(28)15-5-4-6-16(13-15)25-20(29)26-18-8-3-2-7-17(18)21(22,23)24;1-2-3-7(4,5)6/h2-8,13-14H,9-12H2,1H3,(H2,25,26,29);2-3H2,1H3,(H,4,5,6). The quantitative estimate of drug-likeness (QED) is 0.255. The number of alkyl halides is 3. The number of para-hydroxylation sites is 1. The molecule has 0 saturated carbocycles. The van der Waals surface area contributed by atoms with E-state index in [-0.39, 0.29) is 28.3 Å². The Hall–Kier alpha value is -2.54. The first kappa shape index (κ1) is 29.7. The van der Waals surface area contributed by atoms with Crippen LogP contribution in [0.5, 0.6) is 0 Å². The molecule has 1 aliphatic heterocycles. The molecule has 1 heterocycles. The Bertz CT molecular complexity index is 1150. The fourth-order valence-electron chi connectivity index (χ4n) is 3.64. The number of hydrogen-bond acceptors (Lipinski definition) is 5. The number of piperidine rings is 1. The lowest BCUT2D eigenvalue weighted by atomic mass is 9.89. The first-order valence-corrected chi connectivity index (χ1v) is 13.3. The Kier molecular flexibility index (Phi) is 10.8. The van der Waals surface area contributed by atoms with Crippen LogP contribution in [0.4, 0.5) is 24.5 Å². The van der Waals surface area contributed by atoms with E-state index in [1.165, 1.54) is 18.2 Å². The molecule has 198 valence electrons. The number of Topliss-reactive ketones (excluding diaryl/α,β-unsaturated/α-hetero) is 1. The van der Waals surface area contributed by atoms with Crippen molar-refractivity contribution in [2.45, 2.75) is 32.4 Å². The normalized spacial score (nSPS) is 14.9. The van der Waals surface area contributed by atoms with Gasteiger partial charge in [-0.15, -0.1) is 0 Å². The highest BCUT2D eigenvalue weighted by atomic mass is 32.2. The van der Waals surface area contributed by atoms with Crippen molar-refractivity contribution in [2.75, 3.05) is 36.5 Å². The zero-order valence-corrected chi connectivity index (χ0v) is 21.6. The van der Waals surface area contributed by atoms with Gasteiger partial charge in [0.15, 0.2) is 10.9 Å². The minimum atomic E-state index is -4.49. The van der Waals surface area contributed by atoms with Crippen LogP contribution < -0.4 is 10.6 Å². The lowest BCUT2D eigenvalue weighted by Gasteiger charge is -2.28. The number of halogens is 3. The fourth-order valence-corrected chi connectivity index (χ4v) is 4.38. The fraction of sp³-hybridized carbons (Fsp3) is 0.417. The molecule has 3 rings (SSSR count). The monoisotopic (exact) mass is 545 g/mol. The third-order valence-corrected chi connectivity index (χ3v) is 6.57. The minimum Gasteiger partial charge on any atom is -0.332 e. The SMILES string of the molecule is CCCS(=O)(=O)O.CN1CCC(C(=O)c2cccc(NC(=S)Nc3ccccc3C(F)(F)F)c2)CC1. The lowest BCUT2D eigenvalue weighted by molar-refractivity contribution is -0.136. The van der Waals surface area contributed by atoms with Crippen molar-refractivity contribution in [2.24, 2.45) is 5.92 Å². The number of nitrogens with zero attached hydrogens (tertiary/aromatic N) is 1. The summed E-state index contributed by atoms with van der Waals surface area (Å²) in [6.07, 6.45) is -2.37. The Morgan fingerprint density at radius 3 is 2.31 bits per heavy atom. The maximum Gasteiger partial charge on any atom is 0.418 e. The number of anilines is 2. The molecule has 0 atom stereocenters. The summed E-state index contributed by atoms with van der Waals surface area (Å²) in [6, 6.07) is 12.0. The largest absolute Gasteiger partial charge is 0.418 e. The van der Waals surface area contributed by atoms with E-state index in [9.17, 15) is 26.4 Å². The zero-order valence-electron chi connectivity index (χ0n) is 20.0. The minimum absolute atomic E-state index is 0.00908. The van der Waals surface area contributed by atoms with Gasteiger partial charge in [-0.3, -0.25) is 9.35 Å². The number of likely N-dealkylation sites (tertiary alicyclic amines) is 1. The second kappa shape index (κ2) is 13.1. The van der Waals surface area contributed by atoms with E-state index in [1.807, 2.05) is 7.05 Å². The van der Waals surface area contributed by atoms with Gasteiger partial charge in [0.25, 0.3) is 10.1 Å². The van der Waals surface area contributed by atoms with Crippen LogP contribution >= 0.6 is 12.2 Å². The van der Waals surface area contributed by atoms with Crippen LogP contribution in [0.25, 0.3) is 0 Å². The van der Waals surface area contributed by atoms with Gasteiger partial charge in [-0.2, -0.15) is 21.6 Å². The molecule has 0 radical (unpaired) electrons. The molecule has 2 aromatic rings. The topological polar surface area (TPSA) is 98.7 Å². The lowest BCUT2D eigenvalue weighted by Crippen LogP contribution is -2.33. The number of carbonyl (C=O) groups excluding carboxylic acids is 1. The van der Waals surface area contributed by atoms with Gasteiger partial charge in [0, 0.05) is 17.2 Å². The second-order valence-electron chi connectivity index (χ2n) is 8.43. The number of carbonyl (C=O) groups is 1. The van der Waals surface area contributed by atoms with E-state index in [0.717, 1.165) is 32.0 Å². The van der Waals surface area contributed by atoms with Gasteiger partial charge in [-0.25, -0.2) is 0 Å². The summed E-state index contributed by atoms with van der Waals surface area (Å²) >= 11 is 5.17. The number of ketones is 1. The molecule has 1 fully saturated rings. The van der Waals surface area contributed by atoms with E-state index in [2.05, 4.69) is 15.5 Å². The average Bonchev–Trinajstić information content (AvgIpc) is 2.78. The van der Waals surface area contributed by atoms with Crippen LogP contribution in [0.3, 0.4) is 0 Å². The van der Waals surface area contributed by atoms with Gasteiger partial charge in [-0.05, 0) is 75.9 Å². The molecule has 7 nitrogen and oxygen atoms in total. The highest BCUT2D eigenvalue weighted by Crippen LogP contribution is 2.34. The summed E-state index contributed by atoms with van der Waals surface area (Å²) in [5.41, 5.74) is 0.195. The van der Waals surface area contributed by atoms with Crippen molar-refractivity contribution in [1.29, 1.82) is 0 Å². The Morgan fingerprint density at radius 2 is 1.75 bits per heavy atom. The molecular formula is C24H30F3N3O4S2. The van der Waals surface area contributed by atoms with Gasteiger partial charge in [0.05, 0.1) is 17.0 Å². The predicted octanol–water partition coefficient (Wildman–Crippen LogP) is 5.32. The Balaban J connectivity index is 0.000000572. The van der Waals surface area contributed by atoms with Crippen molar-refractivity contribution in [1.82, 2.24) is 4.90 Å². The maximum absolute atomic E-state index is 13.1. The highest BCUT2D eigenvalue weighted by molar-refractivity contribution is 7.85. The van der Waals surface area contributed by atoms with Crippen molar-refractivity contribution >= 4 is 44.6 Å². The first-order chi connectivity index (χ1) is 16.8. The van der Waals surface area contributed by atoms with E-state index < -0.39 is 21.9 Å². The first-order valence-electron chi connectivity index (χ1n) is 11.3. The molecule has 12 heteroatoms. The van der Waals surface area contributed by atoms with Crippen molar-refractivity contribution in [3.05, 3.63) is 59.7 Å². The van der Waals surface area contributed by atoms with Crippen molar-refractivity contribution < 1.29 is 30.9 Å². The molecule has 2 aromatic carbocycles. The van der Waals surface area contributed by atoms with Crippen LogP contribution in [0, 0.1) is 5.92 Å². The summed E-state index contributed by atoms with van der Waals surface area (Å²) < 4.78 is 66.9. The third kappa shape index (κ3) is 9.84. The maximum atomic E-state index is 13.1. The molecule has 0 aliphatic carbocycles. The number of thiocarbonyl (C=S) groups is 1. The summed E-state index contributed by atoms with van der Waals surface area (Å²) in [7, 11) is -1.64. The van der Waals surface area contributed by atoms with E-state index >= 15 is 0 Å². The number of nitrogens with one attached hydrogen (secondary N) is 2. The van der Waals surface area contributed by atoms with Crippen molar-refractivity contribution in [3.8, 4) is 0 Å². The van der Waals surface area contributed by atoms with Crippen LogP contribution in [0.1, 0.15) is 42.1 Å². The molecule has 3 N–H and O–H groups in total. The number of rotatable bonds is 6. The smallest absolute Gasteiger partial charge is 0.332 e. The van der Waals surface area contributed by atoms with E-state index in [1.54, 1.807) is 31.2 Å². The highest BCUT2D eigenvalue weighted by Gasteiger charge is 2.33. The van der Waals surface area contributed by atoms with Crippen molar-refractivity contribution in [3.63, 3.8) is 0 Å².